The largest absolute Gasteiger partial charge is 0.436 e. The van der Waals surface area contributed by atoms with Crippen molar-refractivity contribution in [2.75, 3.05) is 0 Å². The second-order valence-electron chi connectivity index (χ2n) is 44.4. The summed E-state index contributed by atoms with van der Waals surface area (Å²) in [4.78, 5) is 0. The summed E-state index contributed by atoms with van der Waals surface area (Å²) in [6.07, 6.45) is 38.3. The van der Waals surface area contributed by atoms with Gasteiger partial charge >= 0.3 is 171 Å². The van der Waals surface area contributed by atoms with Crippen LogP contribution in [-0.2, 0) is 86.4 Å². The Labute approximate surface area is 761 Å². The molecule has 0 unspecified atom stereocenters. The molecule has 0 rings (SSSR count). The Morgan fingerprint density at radius 2 is 0.176 bits per heavy atom. The van der Waals surface area contributed by atoms with E-state index >= 15 is 0 Å². The van der Waals surface area contributed by atoms with Gasteiger partial charge in [-0.05, 0) is 300 Å². The minimum Gasteiger partial charge on any atom is -0.436 e. The van der Waals surface area contributed by atoms with Crippen LogP contribution in [0.15, 0.2) is 0 Å². The standard InChI is InChI=1S/C76H198O21Si22/c1-47-49-51-53-55-57-59-61-63-65-67-69-71-73-75-98(3,4)77-100(7,8)79-102(11,12)81-104(15,16)83-106(19,20)85-108(23,24)87-110(27,28)89-112(31,32)91-114(35,36)93-116(39,40)95-118(43,44)97-119(45,46)96-117(41,42)94-115(37,38)92-113(33,34)90-111(29,30)88-109(25,26)86-107(21,22)84-105(17,18)82-103(13,14)80-101(9,10)78-99(5,6)76-74-72-70-68-66-64-62-60-58-56-54-52-50-48-2/h47-76H2,1-46H3. The fourth-order valence-electron chi connectivity index (χ4n) is 18.6. The highest BCUT2D eigenvalue weighted by molar-refractivity contribution is 6.97. The van der Waals surface area contributed by atoms with E-state index < -0.39 is 188 Å². The molecule has 0 fully saturated rings. The van der Waals surface area contributed by atoms with Crippen molar-refractivity contribution in [1.29, 1.82) is 0 Å². The first kappa shape index (κ1) is 123. The number of rotatable bonds is 72. The molecule has 119 heavy (non-hydrogen) atoms. The Hall–Kier alpha value is 3.93. The van der Waals surface area contributed by atoms with Crippen LogP contribution in [0.2, 0.25) is 300 Å². The lowest BCUT2D eigenvalue weighted by Crippen LogP contribution is -2.63. The summed E-state index contributed by atoms with van der Waals surface area (Å²) in [6.45, 7) is 98.1. The van der Waals surface area contributed by atoms with Crippen LogP contribution in [-0.4, -0.2) is 188 Å². The molecule has 716 valence electrons. The highest BCUT2D eigenvalue weighted by Crippen LogP contribution is 2.37. The Balaban J connectivity index is 5.60. The Morgan fingerprint density at radius 1 is 0.101 bits per heavy atom. The van der Waals surface area contributed by atoms with Crippen molar-refractivity contribution in [2.45, 2.75) is 494 Å². The van der Waals surface area contributed by atoms with Gasteiger partial charge in [-0.25, -0.2) is 0 Å². The van der Waals surface area contributed by atoms with E-state index in [-0.39, 0.29) is 0 Å². The molecule has 0 aromatic rings. The molecule has 0 aliphatic rings. The lowest BCUT2D eigenvalue weighted by Gasteiger charge is -2.45. The molecule has 0 aromatic carbocycles. The predicted octanol–water partition coefficient (Wildman–Crippen LogP) is 28.7. The van der Waals surface area contributed by atoms with Crippen LogP contribution >= 0.6 is 0 Å². The van der Waals surface area contributed by atoms with E-state index in [0.717, 1.165) is 12.1 Å². The highest BCUT2D eigenvalue weighted by atomic mass is 28.6. The molecule has 0 radical (unpaired) electrons. The molecule has 0 aromatic heterocycles. The van der Waals surface area contributed by atoms with Crippen molar-refractivity contribution in [3.8, 4) is 0 Å². The fourth-order valence-corrected chi connectivity index (χ4v) is 133. The molecule has 0 aliphatic carbocycles. The summed E-state index contributed by atoms with van der Waals surface area (Å²) in [6, 6.07) is 2.31. The molecule has 0 amide bonds. The van der Waals surface area contributed by atoms with Crippen LogP contribution in [0.4, 0.5) is 0 Å². The molecule has 21 nitrogen and oxygen atoms in total. The second kappa shape index (κ2) is 51.0. The van der Waals surface area contributed by atoms with Crippen LogP contribution in [0.25, 0.3) is 0 Å². The van der Waals surface area contributed by atoms with Gasteiger partial charge in [0.1, 0.15) is 0 Å². The minimum absolute atomic E-state index is 1.15. The lowest BCUT2D eigenvalue weighted by molar-refractivity contribution is 0.249. The van der Waals surface area contributed by atoms with Crippen LogP contribution < -0.4 is 0 Å². The smallest absolute Gasteiger partial charge is 0.314 e. The third-order valence-electron chi connectivity index (χ3n) is 18.6. The van der Waals surface area contributed by atoms with Crippen LogP contribution in [0.3, 0.4) is 0 Å². The van der Waals surface area contributed by atoms with Gasteiger partial charge in [0.2, 0.25) is 0 Å². The first-order valence-electron chi connectivity index (χ1n) is 46.7. The van der Waals surface area contributed by atoms with Gasteiger partial charge in [-0.15, -0.1) is 0 Å². The average molecular weight is 2070 g/mol. The topological polar surface area (TPSA) is 194 Å². The summed E-state index contributed by atoms with van der Waals surface area (Å²) in [7, 11) is -60.1. The first-order valence-corrected chi connectivity index (χ1v) is 109. The first-order chi connectivity index (χ1) is 53.0. The van der Waals surface area contributed by atoms with Gasteiger partial charge < -0.3 is 86.4 Å². The number of hydrogen-bond donors (Lipinski definition) is 0. The zero-order chi connectivity index (χ0) is 93.1. The zero-order valence-electron chi connectivity index (χ0n) is 86.8. The molecule has 0 bridgehead atoms. The fraction of sp³-hybridized carbons (Fsp3) is 1.00. The maximum atomic E-state index is 7.04. The normalized spacial score (nSPS) is 15.2. The second-order valence-corrected chi connectivity index (χ2v) is 126. The Kier molecular flexibility index (Phi) is 52.7. The van der Waals surface area contributed by atoms with Crippen LogP contribution in [0, 0.1) is 0 Å². The highest BCUT2D eigenvalue weighted by Gasteiger charge is 2.56. The molecule has 0 atom stereocenters. The van der Waals surface area contributed by atoms with Gasteiger partial charge in [-0.2, -0.15) is 0 Å². The zero-order valence-corrected chi connectivity index (χ0v) is 109. The van der Waals surface area contributed by atoms with E-state index in [1.807, 2.05) is 0 Å². The van der Waals surface area contributed by atoms with Crippen LogP contribution in [0.5, 0.6) is 0 Å². The van der Waals surface area contributed by atoms with Gasteiger partial charge in [-0.3, -0.25) is 0 Å². The summed E-state index contributed by atoms with van der Waals surface area (Å²) in [5.41, 5.74) is 0. The maximum absolute atomic E-state index is 7.04. The van der Waals surface area contributed by atoms with Gasteiger partial charge in [0.25, 0.3) is 0 Å². The third kappa shape index (κ3) is 65.3. The van der Waals surface area contributed by atoms with E-state index in [4.69, 9.17) is 86.4 Å². The molecule has 43 heteroatoms. The summed E-state index contributed by atoms with van der Waals surface area (Å²) >= 11 is 0. The van der Waals surface area contributed by atoms with E-state index in [9.17, 15) is 0 Å². The van der Waals surface area contributed by atoms with E-state index in [2.05, 4.69) is 302 Å². The monoisotopic (exact) mass is 2060 g/mol. The Morgan fingerprint density at radius 3 is 0.269 bits per heavy atom. The molecule has 0 spiro atoms. The maximum Gasteiger partial charge on any atom is 0.314 e. The van der Waals surface area contributed by atoms with Crippen molar-refractivity contribution in [3.63, 3.8) is 0 Å². The average Bonchev–Trinajstić information content (AvgIpc) is 0.802. The number of hydrogen-bond acceptors (Lipinski definition) is 21. The molecule has 0 N–H and O–H groups in total. The van der Waals surface area contributed by atoms with E-state index in [0.29, 0.717) is 0 Å². The summed E-state index contributed by atoms with van der Waals surface area (Å²) < 4.78 is 147. The van der Waals surface area contributed by atoms with Crippen molar-refractivity contribution >= 4 is 188 Å². The number of unbranched alkanes of at least 4 members (excludes halogenated alkanes) is 26. The summed E-state index contributed by atoms with van der Waals surface area (Å²) in [5.74, 6) is 0. The van der Waals surface area contributed by atoms with Gasteiger partial charge in [0.15, 0.2) is 16.6 Å². The quantitative estimate of drug-likeness (QED) is 0.0412. The lowest BCUT2D eigenvalue weighted by atomic mass is 10.0. The van der Waals surface area contributed by atoms with E-state index in [1.165, 1.54) is 180 Å². The van der Waals surface area contributed by atoms with E-state index in [1.54, 1.807) is 0 Å². The van der Waals surface area contributed by atoms with Gasteiger partial charge in [0, 0.05) is 0 Å². The molecule has 0 heterocycles. The third-order valence-corrected chi connectivity index (χ3v) is 105. The van der Waals surface area contributed by atoms with Crippen molar-refractivity contribution in [2.24, 2.45) is 0 Å². The minimum atomic E-state index is -2.90. The predicted molar refractivity (Wildman–Crippen MR) is 558 cm³/mol. The summed E-state index contributed by atoms with van der Waals surface area (Å²) in [5, 5.41) is 0. The van der Waals surface area contributed by atoms with Gasteiger partial charge in [0.05, 0.1) is 0 Å². The van der Waals surface area contributed by atoms with Gasteiger partial charge in [-0.1, -0.05) is 194 Å². The molecule has 0 saturated carbocycles. The molecule has 0 aliphatic heterocycles. The van der Waals surface area contributed by atoms with Crippen molar-refractivity contribution in [3.05, 3.63) is 0 Å². The van der Waals surface area contributed by atoms with Crippen molar-refractivity contribution < 1.29 is 86.4 Å². The van der Waals surface area contributed by atoms with Crippen molar-refractivity contribution in [1.82, 2.24) is 0 Å². The SMILES string of the molecule is CCCCCCCCCCCCCCCC[Si](C)(C)O[Si](C)(C)O[Si](C)(C)O[Si](C)(C)O[Si](C)(C)O[Si](C)(C)O[Si](C)(C)O[Si](C)(C)O[Si](C)(C)O[Si](C)(C)O[Si](C)(C)O[Si](C)(C)O[Si](C)(C)O[Si](C)(C)O[Si](C)(C)O[Si](C)(C)O[Si](C)(C)O[Si](C)(C)O[Si](C)(C)O[Si](C)(C)O[Si](C)(C)O[Si](C)(C)CCCCCCCCCCCCCCCC. The molecular formula is C76H198O21Si22. The van der Waals surface area contributed by atoms with Crippen LogP contribution in [0.1, 0.15) is 194 Å². The molecular weight excluding hydrogens is 1870 g/mol. The molecule has 0 saturated heterocycles. The Bertz CT molecular complexity index is 2640.